The van der Waals surface area contributed by atoms with Gasteiger partial charge in [0.15, 0.2) is 0 Å². The van der Waals surface area contributed by atoms with E-state index in [-0.39, 0.29) is 6.04 Å². The lowest BCUT2D eigenvalue weighted by atomic mass is 10.1. The lowest BCUT2D eigenvalue weighted by Gasteiger charge is -2.14. The molecule has 2 aromatic heterocycles. The van der Waals surface area contributed by atoms with Gasteiger partial charge in [-0.3, -0.25) is 4.68 Å². The highest BCUT2D eigenvalue weighted by molar-refractivity contribution is 5.77. The predicted molar refractivity (Wildman–Crippen MR) is 84.4 cm³/mol. The molecule has 0 bridgehead atoms. The normalized spacial score (nSPS) is 12.9. The maximum absolute atomic E-state index is 5.98. The van der Waals surface area contributed by atoms with Gasteiger partial charge in [-0.2, -0.15) is 5.10 Å². The fraction of sp³-hybridized carbons (Fsp3) is 0.353. The van der Waals surface area contributed by atoms with Crippen molar-refractivity contribution < 1.29 is 4.42 Å². The van der Waals surface area contributed by atoms with Crippen molar-refractivity contribution in [3.63, 3.8) is 0 Å². The molecular weight excluding hydrogens is 262 g/mol. The number of furan rings is 1. The molecule has 3 aromatic rings. The van der Waals surface area contributed by atoms with Crippen LogP contribution < -0.4 is 5.32 Å². The van der Waals surface area contributed by atoms with E-state index < -0.39 is 0 Å². The monoisotopic (exact) mass is 283 g/mol. The van der Waals surface area contributed by atoms with Gasteiger partial charge in [-0.05, 0) is 39.1 Å². The smallest absolute Gasteiger partial charge is 0.134 e. The molecule has 4 heteroatoms. The summed E-state index contributed by atoms with van der Waals surface area (Å²) in [6.07, 6.45) is 0.866. The van der Waals surface area contributed by atoms with Crippen LogP contribution in [0.2, 0.25) is 0 Å². The molecule has 2 heterocycles. The number of fused-ring (bicyclic) bond motifs is 1. The summed E-state index contributed by atoms with van der Waals surface area (Å²) in [5, 5.41) is 9.01. The average Bonchev–Trinajstić information content (AvgIpc) is 3.07. The second-order valence-electron chi connectivity index (χ2n) is 5.32. The molecule has 1 aromatic carbocycles. The molecule has 0 aliphatic heterocycles. The standard InChI is InChI=1S/C17H21N3O/c1-4-20-14(9-12(2)19-20)11-15(18-3)17-10-13-7-5-6-8-16(13)21-17/h5-10,15,18H,4,11H2,1-3H3. The van der Waals surface area contributed by atoms with E-state index in [1.807, 2.05) is 32.2 Å². The molecule has 0 radical (unpaired) electrons. The number of aryl methyl sites for hydroxylation is 2. The van der Waals surface area contributed by atoms with Gasteiger partial charge in [0.2, 0.25) is 0 Å². The van der Waals surface area contributed by atoms with E-state index >= 15 is 0 Å². The molecule has 0 saturated heterocycles. The third-order valence-corrected chi connectivity index (χ3v) is 3.83. The minimum atomic E-state index is 0.152. The molecule has 1 N–H and O–H groups in total. The lowest BCUT2D eigenvalue weighted by Crippen LogP contribution is -2.20. The highest BCUT2D eigenvalue weighted by Gasteiger charge is 2.17. The number of para-hydroxylation sites is 1. The van der Waals surface area contributed by atoms with Crippen molar-refractivity contribution in [1.29, 1.82) is 0 Å². The fourth-order valence-electron chi connectivity index (χ4n) is 2.77. The minimum Gasteiger partial charge on any atom is -0.459 e. The first-order valence-electron chi connectivity index (χ1n) is 7.40. The number of nitrogens with zero attached hydrogens (tertiary/aromatic N) is 2. The van der Waals surface area contributed by atoms with Crippen LogP contribution in [-0.2, 0) is 13.0 Å². The summed E-state index contributed by atoms with van der Waals surface area (Å²) >= 11 is 0. The zero-order chi connectivity index (χ0) is 14.8. The highest BCUT2D eigenvalue weighted by atomic mass is 16.3. The highest BCUT2D eigenvalue weighted by Crippen LogP contribution is 2.26. The van der Waals surface area contributed by atoms with Crippen molar-refractivity contribution in [3.8, 4) is 0 Å². The number of hydrogen-bond acceptors (Lipinski definition) is 3. The molecule has 0 aliphatic rings. The second kappa shape index (κ2) is 5.74. The van der Waals surface area contributed by atoms with Crippen molar-refractivity contribution in [2.75, 3.05) is 7.05 Å². The van der Waals surface area contributed by atoms with Crippen LogP contribution in [0.15, 0.2) is 40.8 Å². The van der Waals surface area contributed by atoms with E-state index in [0.717, 1.165) is 35.4 Å². The Morgan fingerprint density at radius 1 is 1.29 bits per heavy atom. The van der Waals surface area contributed by atoms with Crippen LogP contribution in [0.5, 0.6) is 0 Å². The first-order chi connectivity index (χ1) is 10.2. The van der Waals surface area contributed by atoms with Gasteiger partial charge in [-0.25, -0.2) is 0 Å². The zero-order valence-corrected chi connectivity index (χ0v) is 12.8. The third-order valence-electron chi connectivity index (χ3n) is 3.83. The topological polar surface area (TPSA) is 43.0 Å². The lowest BCUT2D eigenvalue weighted by molar-refractivity contribution is 0.440. The minimum absolute atomic E-state index is 0.152. The molecular formula is C17H21N3O. The van der Waals surface area contributed by atoms with Crippen molar-refractivity contribution in [3.05, 3.63) is 53.5 Å². The molecule has 4 nitrogen and oxygen atoms in total. The van der Waals surface area contributed by atoms with Crippen molar-refractivity contribution >= 4 is 11.0 Å². The summed E-state index contributed by atoms with van der Waals surface area (Å²) in [6, 6.07) is 12.5. The molecule has 21 heavy (non-hydrogen) atoms. The predicted octanol–water partition coefficient (Wildman–Crippen LogP) is 3.46. The number of likely N-dealkylation sites (N-methyl/N-ethyl adjacent to an activating group) is 1. The summed E-state index contributed by atoms with van der Waals surface area (Å²) in [5.41, 5.74) is 3.23. The van der Waals surface area contributed by atoms with E-state index in [2.05, 4.69) is 40.2 Å². The molecule has 1 atom stereocenters. The summed E-state index contributed by atoms with van der Waals surface area (Å²) in [5.74, 6) is 0.972. The van der Waals surface area contributed by atoms with Crippen LogP contribution in [0.3, 0.4) is 0 Å². The van der Waals surface area contributed by atoms with Gasteiger partial charge in [0, 0.05) is 24.0 Å². The Balaban J connectivity index is 1.90. The van der Waals surface area contributed by atoms with Gasteiger partial charge in [-0.15, -0.1) is 0 Å². The molecule has 0 saturated carbocycles. The quantitative estimate of drug-likeness (QED) is 0.779. The summed E-state index contributed by atoms with van der Waals surface area (Å²) in [6.45, 7) is 5.04. The van der Waals surface area contributed by atoms with Gasteiger partial charge in [0.05, 0.1) is 11.7 Å². The molecule has 1 unspecified atom stereocenters. The Morgan fingerprint density at radius 2 is 2.10 bits per heavy atom. The maximum Gasteiger partial charge on any atom is 0.134 e. The van der Waals surface area contributed by atoms with Crippen LogP contribution in [0.1, 0.15) is 30.1 Å². The number of benzene rings is 1. The van der Waals surface area contributed by atoms with Gasteiger partial charge < -0.3 is 9.73 Å². The van der Waals surface area contributed by atoms with E-state index in [4.69, 9.17) is 4.42 Å². The number of hydrogen-bond donors (Lipinski definition) is 1. The fourth-order valence-corrected chi connectivity index (χ4v) is 2.77. The molecule has 0 spiro atoms. The van der Waals surface area contributed by atoms with Crippen molar-refractivity contribution in [2.24, 2.45) is 0 Å². The van der Waals surface area contributed by atoms with E-state index in [9.17, 15) is 0 Å². The molecule has 3 rings (SSSR count). The Morgan fingerprint density at radius 3 is 2.81 bits per heavy atom. The van der Waals surface area contributed by atoms with Crippen LogP contribution in [0, 0.1) is 6.92 Å². The Kier molecular flexibility index (Phi) is 3.80. The van der Waals surface area contributed by atoms with Crippen molar-refractivity contribution in [2.45, 2.75) is 32.9 Å². The van der Waals surface area contributed by atoms with Gasteiger partial charge >= 0.3 is 0 Å². The molecule has 110 valence electrons. The van der Waals surface area contributed by atoms with Crippen LogP contribution in [0.4, 0.5) is 0 Å². The Bertz CT molecular complexity index is 708. The summed E-state index contributed by atoms with van der Waals surface area (Å²) in [7, 11) is 1.97. The first kappa shape index (κ1) is 13.9. The van der Waals surface area contributed by atoms with Gasteiger partial charge in [-0.1, -0.05) is 18.2 Å². The SMILES string of the molecule is CCn1nc(C)cc1CC(NC)c1cc2ccccc2o1. The Hall–Kier alpha value is -2.07. The summed E-state index contributed by atoms with van der Waals surface area (Å²) in [4.78, 5) is 0. The number of aromatic nitrogens is 2. The van der Waals surface area contributed by atoms with E-state index in [0.29, 0.717) is 0 Å². The van der Waals surface area contributed by atoms with Crippen molar-refractivity contribution in [1.82, 2.24) is 15.1 Å². The Labute approximate surface area is 124 Å². The maximum atomic E-state index is 5.98. The number of nitrogens with one attached hydrogen (secondary N) is 1. The van der Waals surface area contributed by atoms with Crippen LogP contribution >= 0.6 is 0 Å². The largest absolute Gasteiger partial charge is 0.459 e. The van der Waals surface area contributed by atoms with Gasteiger partial charge in [0.25, 0.3) is 0 Å². The first-order valence-corrected chi connectivity index (χ1v) is 7.40. The zero-order valence-electron chi connectivity index (χ0n) is 12.8. The summed E-state index contributed by atoms with van der Waals surface area (Å²) < 4.78 is 8.04. The number of rotatable bonds is 5. The molecule has 0 aliphatic carbocycles. The molecule has 0 amide bonds. The van der Waals surface area contributed by atoms with Gasteiger partial charge in [0.1, 0.15) is 11.3 Å². The second-order valence-corrected chi connectivity index (χ2v) is 5.32. The van der Waals surface area contributed by atoms with E-state index in [1.165, 1.54) is 5.69 Å². The third kappa shape index (κ3) is 2.72. The van der Waals surface area contributed by atoms with Crippen LogP contribution in [0.25, 0.3) is 11.0 Å². The average molecular weight is 283 g/mol. The van der Waals surface area contributed by atoms with E-state index in [1.54, 1.807) is 0 Å². The molecule has 0 fully saturated rings. The van der Waals surface area contributed by atoms with Crippen LogP contribution in [-0.4, -0.2) is 16.8 Å².